The zero-order valence-corrected chi connectivity index (χ0v) is 19.4. The summed E-state index contributed by atoms with van der Waals surface area (Å²) in [5.74, 6) is -1.68. The van der Waals surface area contributed by atoms with Gasteiger partial charge in [-0.25, -0.2) is 0 Å². The molecule has 0 aromatic rings. The number of aliphatic hydroxyl groups is 5. The maximum absolute atomic E-state index is 10.5. The predicted molar refractivity (Wildman–Crippen MR) is 124 cm³/mol. The van der Waals surface area contributed by atoms with Crippen molar-refractivity contribution in [3.05, 3.63) is 24.3 Å². The molecule has 0 amide bonds. The number of aliphatic carboxylic acids is 1. The number of carboxylic acids is 1. The molecule has 8 heteroatoms. The van der Waals surface area contributed by atoms with Gasteiger partial charge in [-0.1, -0.05) is 63.3 Å². The molecule has 0 aliphatic heterocycles. The van der Waals surface area contributed by atoms with E-state index in [1.165, 1.54) is 44.9 Å². The zero-order chi connectivity index (χ0) is 24.6. The largest absolute Gasteiger partial charge is 0.481 e. The first-order valence-electron chi connectivity index (χ1n) is 11.6. The first-order chi connectivity index (χ1) is 15.3. The van der Waals surface area contributed by atoms with Gasteiger partial charge in [0, 0.05) is 6.42 Å². The second kappa shape index (κ2) is 24.1. The quantitative estimate of drug-likeness (QED) is 0.127. The minimum absolute atomic E-state index is 0.324. The van der Waals surface area contributed by atoms with Gasteiger partial charge in [0.2, 0.25) is 0 Å². The van der Waals surface area contributed by atoms with Crippen LogP contribution in [-0.2, 0) is 9.59 Å². The summed E-state index contributed by atoms with van der Waals surface area (Å²) in [6, 6.07) is 0. The van der Waals surface area contributed by atoms with E-state index in [9.17, 15) is 9.59 Å². The van der Waals surface area contributed by atoms with Crippen LogP contribution in [-0.4, -0.2) is 73.9 Å². The van der Waals surface area contributed by atoms with Crippen LogP contribution in [0.3, 0.4) is 0 Å². The van der Waals surface area contributed by atoms with Gasteiger partial charge >= 0.3 is 5.97 Å². The van der Waals surface area contributed by atoms with Gasteiger partial charge in [-0.05, 0) is 38.5 Å². The number of aliphatic hydroxyl groups excluding tert-OH is 5. The van der Waals surface area contributed by atoms with E-state index >= 15 is 0 Å². The highest BCUT2D eigenvalue weighted by molar-refractivity contribution is 5.84. The molecule has 0 unspecified atom stereocenters. The van der Waals surface area contributed by atoms with E-state index in [2.05, 4.69) is 31.2 Å². The topological polar surface area (TPSA) is 156 Å². The summed E-state index contributed by atoms with van der Waals surface area (Å²) in [5, 5.41) is 51.6. The molecule has 32 heavy (non-hydrogen) atoms. The number of carbonyl (C=O) groups excluding carboxylic acids is 1. The summed E-state index contributed by atoms with van der Waals surface area (Å²) >= 11 is 0. The monoisotopic (exact) mass is 460 g/mol. The third-order valence-electron chi connectivity index (χ3n) is 4.73. The van der Waals surface area contributed by atoms with Gasteiger partial charge in [-0.3, -0.25) is 9.59 Å². The molecule has 0 aliphatic carbocycles. The molecule has 0 spiro atoms. The van der Waals surface area contributed by atoms with E-state index in [4.69, 9.17) is 30.6 Å². The van der Waals surface area contributed by atoms with Crippen LogP contribution in [0.4, 0.5) is 0 Å². The number of allylic oxidation sites excluding steroid dienone is 4. The van der Waals surface area contributed by atoms with Crippen molar-refractivity contribution >= 4 is 11.8 Å². The molecule has 0 aliphatic rings. The van der Waals surface area contributed by atoms with Gasteiger partial charge in [0.15, 0.2) is 5.78 Å². The molecule has 0 saturated heterocycles. The minimum atomic E-state index is -1.86. The fraction of sp³-hybridized carbons (Fsp3) is 0.750. The van der Waals surface area contributed by atoms with E-state index in [0.29, 0.717) is 6.42 Å². The minimum Gasteiger partial charge on any atom is -0.481 e. The molecule has 0 aromatic heterocycles. The second-order valence-corrected chi connectivity index (χ2v) is 7.68. The van der Waals surface area contributed by atoms with Crippen LogP contribution < -0.4 is 0 Å². The van der Waals surface area contributed by atoms with E-state index in [-0.39, 0.29) is 0 Å². The van der Waals surface area contributed by atoms with Gasteiger partial charge in [0.25, 0.3) is 0 Å². The summed E-state index contributed by atoms with van der Waals surface area (Å²) in [6.07, 6.45) is 17.1. The number of ketones is 1. The van der Waals surface area contributed by atoms with Crippen LogP contribution in [0.2, 0.25) is 0 Å². The van der Waals surface area contributed by atoms with E-state index in [1.54, 1.807) is 0 Å². The van der Waals surface area contributed by atoms with Crippen LogP contribution in [0.1, 0.15) is 84.0 Å². The first-order valence-corrected chi connectivity index (χ1v) is 11.6. The lowest BCUT2D eigenvalue weighted by molar-refractivity contribution is -0.142. The molecule has 0 saturated carbocycles. The van der Waals surface area contributed by atoms with Gasteiger partial charge < -0.3 is 30.6 Å². The van der Waals surface area contributed by atoms with Crippen molar-refractivity contribution in [1.29, 1.82) is 0 Å². The Morgan fingerprint density at radius 2 is 1.31 bits per heavy atom. The normalized spacial score (nSPS) is 14.2. The number of rotatable bonds is 19. The molecular weight excluding hydrogens is 416 g/mol. The van der Waals surface area contributed by atoms with Gasteiger partial charge in [-0.15, -0.1) is 0 Å². The third kappa shape index (κ3) is 21.6. The predicted octanol–water partition coefficient (Wildman–Crippen LogP) is 2.51. The van der Waals surface area contributed by atoms with E-state index in [0.717, 1.165) is 25.7 Å². The Morgan fingerprint density at radius 1 is 0.781 bits per heavy atom. The van der Waals surface area contributed by atoms with Crippen molar-refractivity contribution in [2.24, 2.45) is 0 Å². The van der Waals surface area contributed by atoms with Crippen LogP contribution >= 0.6 is 0 Å². The van der Waals surface area contributed by atoms with Crippen molar-refractivity contribution < 1.29 is 40.2 Å². The highest BCUT2D eigenvalue weighted by atomic mass is 16.4. The molecular formula is C24H44O8. The fourth-order valence-electron chi connectivity index (χ4n) is 2.69. The molecule has 0 bridgehead atoms. The zero-order valence-electron chi connectivity index (χ0n) is 19.4. The highest BCUT2D eigenvalue weighted by Crippen LogP contribution is 2.08. The molecule has 0 radical (unpaired) electrons. The van der Waals surface area contributed by atoms with Crippen molar-refractivity contribution in [3.63, 3.8) is 0 Å². The molecule has 0 fully saturated rings. The highest BCUT2D eigenvalue weighted by Gasteiger charge is 2.28. The third-order valence-corrected chi connectivity index (χ3v) is 4.73. The van der Waals surface area contributed by atoms with Crippen LogP contribution in [0, 0.1) is 0 Å². The van der Waals surface area contributed by atoms with Crippen molar-refractivity contribution in [2.75, 3.05) is 13.2 Å². The molecule has 0 rings (SSSR count). The van der Waals surface area contributed by atoms with Gasteiger partial charge in [0.05, 0.1) is 6.61 Å². The van der Waals surface area contributed by atoms with Crippen LogP contribution in [0.15, 0.2) is 24.3 Å². The number of Topliss-reactive ketones (excluding diaryl/α,β-unsaturated/α-hetero) is 1. The summed E-state index contributed by atoms with van der Waals surface area (Å²) in [6.45, 7) is 0.548. The lowest BCUT2D eigenvalue weighted by atomic mass is 10.1. The maximum Gasteiger partial charge on any atom is 0.303 e. The molecule has 8 nitrogen and oxygen atoms in total. The Morgan fingerprint density at radius 3 is 1.81 bits per heavy atom. The SMILES string of the molecule is CCCCC/C=C\C/C=C\CCCCCCCC(=O)O.O=C(CO)[C@H](O)[C@@H](O)[C@H](O)CO. The average Bonchev–Trinajstić information content (AvgIpc) is 2.79. The molecule has 0 heterocycles. The Labute approximate surface area is 192 Å². The van der Waals surface area contributed by atoms with Crippen LogP contribution in [0.25, 0.3) is 0 Å². The Hall–Kier alpha value is -1.58. The van der Waals surface area contributed by atoms with Crippen molar-refractivity contribution in [2.45, 2.75) is 102 Å². The molecule has 188 valence electrons. The lowest BCUT2D eigenvalue weighted by Crippen LogP contribution is -2.44. The number of hydrogen-bond donors (Lipinski definition) is 6. The van der Waals surface area contributed by atoms with Crippen molar-refractivity contribution in [1.82, 2.24) is 0 Å². The first kappa shape index (κ1) is 32.6. The Balaban J connectivity index is 0. The smallest absolute Gasteiger partial charge is 0.303 e. The lowest BCUT2D eigenvalue weighted by Gasteiger charge is -2.19. The summed E-state index contributed by atoms with van der Waals surface area (Å²) in [4.78, 5) is 20.8. The standard InChI is InChI=1S/C18H32O2.C6H12O6/c1-2-3-4-5-6-7-8-9-10-11-12-13-14-15-16-17-18(19)20;7-1-3(9)5(11)6(12)4(10)2-8/h6-7,9-10H,2-5,8,11-17H2,1H3,(H,19,20);3,5-9,11-12H,1-2H2/b7-6-,10-9-;/t;3-,5+,6+/m.1/s1. The van der Waals surface area contributed by atoms with Crippen LogP contribution in [0.5, 0.6) is 0 Å². The van der Waals surface area contributed by atoms with Crippen molar-refractivity contribution in [3.8, 4) is 0 Å². The molecule has 3 atom stereocenters. The number of unbranched alkanes of at least 4 members (excludes halogenated alkanes) is 8. The maximum atomic E-state index is 10.5. The Kier molecular flexibility index (Phi) is 24.5. The Bertz CT molecular complexity index is 504. The van der Waals surface area contributed by atoms with E-state index in [1.807, 2.05) is 0 Å². The fourth-order valence-corrected chi connectivity index (χ4v) is 2.69. The molecule has 6 N–H and O–H groups in total. The molecule has 0 aromatic carbocycles. The number of hydrogen-bond acceptors (Lipinski definition) is 7. The van der Waals surface area contributed by atoms with Gasteiger partial charge in [-0.2, -0.15) is 0 Å². The number of carbonyl (C=O) groups is 2. The summed E-state index contributed by atoms with van der Waals surface area (Å²) in [5.41, 5.74) is 0. The second-order valence-electron chi connectivity index (χ2n) is 7.68. The summed E-state index contributed by atoms with van der Waals surface area (Å²) < 4.78 is 0. The average molecular weight is 461 g/mol. The van der Waals surface area contributed by atoms with Gasteiger partial charge in [0.1, 0.15) is 24.9 Å². The number of carboxylic acid groups (broad SMARTS) is 1. The van der Waals surface area contributed by atoms with E-state index < -0.39 is 43.3 Å². The summed E-state index contributed by atoms with van der Waals surface area (Å²) in [7, 11) is 0.